The normalized spacial score (nSPS) is 7.45. The van der Waals surface area contributed by atoms with Gasteiger partial charge in [0.1, 0.15) is 0 Å². The van der Waals surface area contributed by atoms with Crippen molar-refractivity contribution in [3.05, 3.63) is 29.3 Å². The molecule has 0 spiro atoms. The third-order valence-electron chi connectivity index (χ3n) is 1.25. The summed E-state index contributed by atoms with van der Waals surface area (Å²) >= 11 is 0. The van der Waals surface area contributed by atoms with Gasteiger partial charge in [0.15, 0.2) is 0 Å². The number of hydrogen-bond donors (Lipinski definition) is 0. The van der Waals surface area contributed by atoms with Gasteiger partial charge in [-0.25, -0.2) is 0 Å². The molecule has 0 aliphatic rings. The van der Waals surface area contributed by atoms with Crippen molar-refractivity contribution in [1.82, 2.24) is 0 Å². The van der Waals surface area contributed by atoms with Crippen molar-refractivity contribution in [2.45, 2.75) is 39.5 Å². The van der Waals surface area contributed by atoms with Crippen LogP contribution in [0.3, 0.4) is 0 Å². The molecule has 0 bridgehead atoms. The lowest BCUT2D eigenvalue weighted by Gasteiger charge is -1.81. The van der Waals surface area contributed by atoms with Crippen LogP contribution in [0.1, 0.15) is 39.5 Å². The second kappa shape index (κ2) is 9.08. The maximum Gasteiger partial charge on any atom is -0.0197 e. The molecule has 0 radical (unpaired) electrons. The van der Waals surface area contributed by atoms with E-state index in [4.69, 9.17) is 0 Å². The molecular weight excluding hydrogens is 132 g/mol. The first-order chi connectivity index (χ1) is 5.41. The summed E-state index contributed by atoms with van der Waals surface area (Å²) in [6.07, 6.45) is 8.57. The Morgan fingerprint density at radius 1 is 1.09 bits per heavy atom. The topological polar surface area (TPSA) is 0 Å². The van der Waals surface area contributed by atoms with Gasteiger partial charge in [0, 0.05) is 0 Å². The van der Waals surface area contributed by atoms with E-state index >= 15 is 0 Å². The highest BCUT2D eigenvalue weighted by atomic mass is 13.8. The molecule has 0 saturated heterocycles. The van der Waals surface area contributed by atoms with E-state index in [9.17, 15) is 0 Å². The van der Waals surface area contributed by atoms with Crippen LogP contribution in [-0.2, 0) is 0 Å². The zero-order valence-corrected chi connectivity index (χ0v) is 7.48. The van der Waals surface area contributed by atoms with E-state index in [0.29, 0.717) is 0 Å². The third kappa shape index (κ3) is 9.08. The summed E-state index contributed by atoms with van der Waals surface area (Å²) in [5.74, 6) is 0. The van der Waals surface area contributed by atoms with Gasteiger partial charge in [-0.3, -0.25) is 0 Å². The maximum absolute atomic E-state index is 2.94. The minimum absolute atomic E-state index is 1.02. The van der Waals surface area contributed by atoms with Crippen molar-refractivity contribution in [2.75, 3.05) is 0 Å². The lowest BCUT2D eigenvalue weighted by molar-refractivity contribution is 0.815. The van der Waals surface area contributed by atoms with E-state index in [0.717, 1.165) is 12.8 Å². The van der Waals surface area contributed by atoms with E-state index in [2.05, 4.69) is 31.0 Å². The number of hydrogen-bond acceptors (Lipinski definition) is 0. The molecule has 0 atom stereocenters. The molecule has 0 aliphatic heterocycles. The van der Waals surface area contributed by atoms with Gasteiger partial charge in [-0.05, 0) is 37.1 Å². The van der Waals surface area contributed by atoms with Crippen molar-refractivity contribution in [3.8, 4) is 0 Å². The molecule has 0 heteroatoms. The van der Waals surface area contributed by atoms with Gasteiger partial charge in [-0.2, -0.15) is 0 Å². The lowest BCUT2D eigenvalue weighted by atomic mass is 10.2. The monoisotopic (exact) mass is 148 g/mol. The van der Waals surface area contributed by atoms with Crippen molar-refractivity contribution in [2.24, 2.45) is 0 Å². The standard InChI is InChI=1S/C11H16/c1-3-5-7-9-11-10-8-6-4-2/h5,10H,3-4,6,8H2,1-2H3. The molecule has 0 aromatic carbocycles. The van der Waals surface area contributed by atoms with Crippen molar-refractivity contribution in [3.63, 3.8) is 0 Å². The van der Waals surface area contributed by atoms with Gasteiger partial charge >= 0.3 is 0 Å². The van der Waals surface area contributed by atoms with Crippen molar-refractivity contribution < 1.29 is 0 Å². The molecule has 0 saturated carbocycles. The van der Waals surface area contributed by atoms with E-state index < -0.39 is 0 Å². The molecular formula is C11H16. The third-order valence-corrected chi connectivity index (χ3v) is 1.25. The lowest BCUT2D eigenvalue weighted by Crippen LogP contribution is -1.62. The Morgan fingerprint density at radius 3 is 2.45 bits per heavy atom. The molecule has 0 rings (SSSR count). The zero-order chi connectivity index (χ0) is 8.36. The Morgan fingerprint density at radius 2 is 1.82 bits per heavy atom. The van der Waals surface area contributed by atoms with Crippen LogP contribution in [0.25, 0.3) is 0 Å². The molecule has 0 aromatic rings. The van der Waals surface area contributed by atoms with Crippen LogP contribution in [-0.4, -0.2) is 0 Å². The fourth-order valence-corrected chi connectivity index (χ4v) is 0.624. The van der Waals surface area contributed by atoms with E-state index in [1.807, 2.05) is 12.2 Å². The van der Waals surface area contributed by atoms with Gasteiger partial charge in [0.2, 0.25) is 0 Å². The summed E-state index contributed by atoms with van der Waals surface area (Å²) in [7, 11) is 0. The zero-order valence-electron chi connectivity index (χ0n) is 7.48. The average molecular weight is 148 g/mol. The van der Waals surface area contributed by atoms with Gasteiger partial charge in [-0.15, -0.1) is 0 Å². The summed E-state index contributed by atoms with van der Waals surface area (Å²) in [6, 6.07) is 0. The van der Waals surface area contributed by atoms with Crippen LogP contribution < -0.4 is 0 Å². The minimum atomic E-state index is 1.02. The predicted molar refractivity (Wildman–Crippen MR) is 49.5 cm³/mol. The molecule has 0 unspecified atom stereocenters. The summed E-state index contributed by atoms with van der Waals surface area (Å²) < 4.78 is 0. The largest absolute Gasteiger partial charge is 0.0659 e. The van der Waals surface area contributed by atoms with Crippen LogP contribution in [0.5, 0.6) is 0 Å². The summed E-state index contributed by atoms with van der Waals surface area (Å²) in [4.78, 5) is 0. The molecule has 11 heavy (non-hydrogen) atoms. The van der Waals surface area contributed by atoms with Gasteiger partial charge in [0.25, 0.3) is 0 Å². The fourth-order valence-electron chi connectivity index (χ4n) is 0.624. The summed E-state index contributed by atoms with van der Waals surface area (Å²) in [6.45, 7) is 4.26. The van der Waals surface area contributed by atoms with Crippen LogP contribution in [0.2, 0.25) is 0 Å². The molecule has 0 aliphatic carbocycles. The Kier molecular flexibility index (Phi) is 8.32. The van der Waals surface area contributed by atoms with Crippen LogP contribution in [0, 0.1) is 0 Å². The Labute approximate surface area is 69.6 Å². The first-order valence-corrected chi connectivity index (χ1v) is 4.31. The minimum Gasteiger partial charge on any atom is -0.0659 e. The van der Waals surface area contributed by atoms with Gasteiger partial charge < -0.3 is 0 Å². The highest BCUT2D eigenvalue weighted by molar-refractivity contribution is 4.87. The Hall–Kier alpha value is -0.920. The number of rotatable bonds is 4. The van der Waals surface area contributed by atoms with Gasteiger partial charge in [0.05, 0.1) is 0 Å². The first-order valence-electron chi connectivity index (χ1n) is 4.31. The molecule has 0 nitrogen and oxygen atoms in total. The molecule has 0 aromatic heterocycles. The SMILES string of the molecule is CCC=C=C=C=CCCCC. The Bertz CT molecular complexity index is 192. The van der Waals surface area contributed by atoms with E-state index in [1.165, 1.54) is 12.8 Å². The Balaban J connectivity index is 3.71. The highest BCUT2D eigenvalue weighted by Gasteiger charge is 1.73. The molecule has 0 fully saturated rings. The first kappa shape index (κ1) is 10.1. The predicted octanol–water partition coefficient (Wildman–Crippen LogP) is 3.61. The quantitative estimate of drug-likeness (QED) is 0.422. The van der Waals surface area contributed by atoms with Crippen LogP contribution in [0.15, 0.2) is 29.3 Å². The van der Waals surface area contributed by atoms with E-state index in [-0.39, 0.29) is 0 Å². The second-order valence-corrected chi connectivity index (χ2v) is 2.37. The van der Waals surface area contributed by atoms with Crippen molar-refractivity contribution >= 4 is 0 Å². The molecule has 0 N–H and O–H groups in total. The molecule has 60 valence electrons. The summed E-state index contributed by atoms with van der Waals surface area (Å²) in [5, 5.41) is 0. The number of unbranched alkanes of at least 4 members (excludes halogenated alkanes) is 2. The molecule has 0 amide bonds. The smallest absolute Gasteiger partial charge is 0.0197 e. The van der Waals surface area contributed by atoms with Gasteiger partial charge in [-0.1, -0.05) is 31.7 Å². The highest BCUT2D eigenvalue weighted by Crippen LogP contribution is 1.92. The van der Waals surface area contributed by atoms with Crippen molar-refractivity contribution in [1.29, 1.82) is 0 Å². The van der Waals surface area contributed by atoms with E-state index in [1.54, 1.807) is 0 Å². The molecule has 0 heterocycles. The average Bonchev–Trinajstić information content (AvgIpc) is 2.03. The van der Waals surface area contributed by atoms with Crippen LogP contribution in [0.4, 0.5) is 0 Å². The maximum atomic E-state index is 2.94. The number of allylic oxidation sites excluding steroid dienone is 2. The summed E-state index contributed by atoms with van der Waals surface area (Å²) in [5.41, 5.74) is 8.67. The fraction of sp³-hybridized carbons (Fsp3) is 0.545. The van der Waals surface area contributed by atoms with Crippen LogP contribution >= 0.6 is 0 Å². The second-order valence-electron chi connectivity index (χ2n) is 2.37.